The van der Waals surface area contributed by atoms with E-state index in [4.69, 9.17) is 5.73 Å². The second-order valence-electron chi connectivity index (χ2n) is 4.89. The quantitative estimate of drug-likeness (QED) is 0.481. The maximum atomic E-state index is 5.90. The van der Waals surface area contributed by atoms with Gasteiger partial charge in [-0.1, -0.05) is 19.3 Å². The molecule has 0 aliphatic heterocycles. The van der Waals surface area contributed by atoms with Crippen LogP contribution in [0.25, 0.3) is 0 Å². The molecule has 1 aliphatic rings. The Hall–Kier alpha value is -0.790. The predicted molar refractivity (Wildman–Crippen MR) is 88.7 cm³/mol. The predicted octanol–water partition coefficient (Wildman–Crippen LogP) is 2.26. The Morgan fingerprint density at radius 2 is 2.21 bits per heavy atom. The van der Waals surface area contributed by atoms with E-state index in [0.717, 1.165) is 12.1 Å². The van der Waals surface area contributed by atoms with Crippen LogP contribution >= 0.6 is 24.0 Å². The van der Waals surface area contributed by atoms with Crippen molar-refractivity contribution in [1.82, 2.24) is 15.1 Å². The van der Waals surface area contributed by atoms with Crippen molar-refractivity contribution in [3.8, 4) is 0 Å². The van der Waals surface area contributed by atoms with Crippen LogP contribution in [-0.2, 0) is 13.1 Å². The van der Waals surface area contributed by atoms with Crippen LogP contribution in [0.3, 0.4) is 0 Å². The first-order valence-electron chi connectivity index (χ1n) is 6.85. The van der Waals surface area contributed by atoms with Gasteiger partial charge in [0, 0.05) is 24.3 Å². The Morgan fingerprint density at radius 3 is 2.84 bits per heavy atom. The van der Waals surface area contributed by atoms with Crippen molar-refractivity contribution >= 4 is 29.9 Å². The normalized spacial score (nSPS) is 17.0. The smallest absolute Gasteiger partial charge is 0.189 e. The van der Waals surface area contributed by atoms with Crippen molar-refractivity contribution in [3.63, 3.8) is 0 Å². The number of aryl methyl sites for hydroxylation is 1. The molecule has 0 atom stereocenters. The molecule has 0 saturated heterocycles. The molecular formula is C13H24IN5. The number of guanidine groups is 1. The minimum atomic E-state index is 0. The number of aromatic nitrogens is 2. The van der Waals surface area contributed by atoms with Gasteiger partial charge in [-0.3, -0.25) is 4.68 Å². The Bertz CT molecular complexity index is 395. The first-order chi connectivity index (χ1) is 8.78. The van der Waals surface area contributed by atoms with E-state index in [9.17, 15) is 0 Å². The van der Waals surface area contributed by atoms with Gasteiger partial charge in [0.1, 0.15) is 0 Å². The van der Waals surface area contributed by atoms with Gasteiger partial charge in [-0.25, -0.2) is 4.99 Å². The Morgan fingerprint density at radius 1 is 1.47 bits per heavy atom. The lowest BCUT2D eigenvalue weighted by molar-refractivity contribution is 0.412. The van der Waals surface area contributed by atoms with Gasteiger partial charge in [0.2, 0.25) is 0 Å². The molecule has 3 N–H and O–H groups in total. The molecule has 2 rings (SSSR count). The number of halogens is 1. The summed E-state index contributed by atoms with van der Waals surface area (Å²) < 4.78 is 1.90. The molecule has 1 aromatic heterocycles. The Labute approximate surface area is 132 Å². The highest BCUT2D eigenvalue weighted by Crippen LogP contribution is 2.17. The van der Waals surface area contributed by atoms with Crippen molar-refractivity contribution in [2.75, 3.05) is 0 Å². The van der Waals surface area contributed by atoms with E-state index in [-0.39, 0.29) is 24.0 Å². The van der Waals surface area contributed by atoms with Crippen LogP contribution in [-0.4, -0.2) is 21.8 Å². The number of nitrogens with zero attached hydrogens (tertiary/aromatic N) is 3. The van der Waals surface area contributed by atoms with Crippen LogP contribution < -0.4 is 11.1 Å². The van der Waals surface area contributed by atoms with E-state index in [1.54, 1.807) is 0 Å². The fourth-order valence-corrected chi connectivity index (χ4v) is 2.34. The lowest BCUT2D eigenvalue weighted by Gasteiger charge is -2.23. The van der Waals surface area contributed by atoms with Crippen LogP contribution in [0.5, 0.6) is 0 Å². The summed E-state index contributed by atoms with van der Waals surface area (Å²) in [6, 6.07) is 0.515. The van der Waals surface area contributed by atoms with Gasteiger partial charge in [0.15, 0.2) is 5.96 Å². The molecule has 0 aromatic carbocycles. The maximum Gasteiger partial charge on any atom is 0.189 e. The molecule has 19 heavy (non-hydrogen) atoms. The van der Waals surface area contributed by atoms with E-state index >= 15 is 0 Å². The highest BCUT2D eigenvalue weighted by Gasteiger charge is 2.13. The fourth-order valence-electron chi connectivity index (χ4n) is 2.34. The topological polar surface area (TPSA) is 68.2 Å². The molecule has 0 amide bonds. The van der Waals surface area contributed by atoms with Gasteiger partial charge in [-0.15, -0.1) is 24.0 Å². The number of rotatable bonds is 4. The Balaban J connectivity index is 0.00000180. The molecule has 0 radical (unpaired) electrons. The summed E-state index contributed by atoms with van der Waals surface area (Å²) in [5.41, 5.74) is 7.01. The summed E-state index contributed by atoms with van der Waals surface area (Å²) >= 11 is 0. The SMILES string of the molecule is CCn1cc(CN=C(N)NC2CCCCC2)cn1.I. The standard InChI is InChI=1S/C13H23N5.HI/c1-2-18-10-11(9-16-18)8-15-13(14)17-12-6-4-3-5-7-12;/h9-10,12H,2-8H2,1H3,(H3,14,15,17);1H. The molecule has 0 unspecified atom stereocenters. The minimum Gasteiger partial charge on any atom is -0.370 e. The number of hydrogen-bond acceptors (Lipinski definition) is 2. The number of aliphatic imine (C=N–C) groups is 1. The molecule has 1 heterocycles. The van der Waals surface area contributed by atoms with Gasteiger partial charge >= 0.3 is 0 Å². The molecule has 1 aromatic rings. The second kappa shape index (κ2) is 8.39. The highest BCUT2D eigenvalue weighted by molar-refractivity contribution is 14.0. The van der Waals surface area contributed by atoms with E-state index in [1.807, 2.05) is 17.1 Å². The first kappa shape index (κ1) is 16.3. The average molecular weight is 377 g/mol. The van der Waals surface area contributed by atoms with Gasteiger partial charge in [-0.05, 0) is 19.8 Å². The summed E-state index contributed by atoms with van der Waals surface area (Å²) in [4.78, 5) is 4.37. The van der Waals surface area contributed by atoms with E-state index in [1.165, 1.54) is 32.1 Å². The molecule has 5 nitrogen and oxygen atoms in total. The number of hydrogen-bond donors (Lipinski definition) is 2. The lowest BCUT2D eigenvalue weighted by Crippen LogP contribution is -2.41. The largest absolute Gasteiger partial charge is 0.370 e. The molecule has 0 spiro atoms. The zero-order chi connectivity index (χ0) is 12.8. The number of nitrogens with one attached hydrogen (secondary N) is 1. The zero-order valence-corrected chi connectivity index (χ0v) is 13.8. The summed E-state index contributed by atoms with van der Waals surface area (Å²) in [6.45, 7) is 3.56. The van der Waals surface area contributed by atoms with Crippen LogP contribution in [0.1, 0.15) is 44.6 Å². The molecule has 6 heteroatoms. The summed E-state index contributed by atoms with van der Waals surface area (Å²) in [5.74, 6) is 0.561. The van der Waals surface area contributed by atoms with Crippen LogP contribution in [0.2, 0.25) is 0 Å². The molecule has 1 aliphatic carbocycles. The van der Waals surface area contributed by atoms with E-state index < -0.39 is 0 Å². The molecule has 1 saturated carbocycles. The van der Waals surface area contributed by atoms with Crippen LogP contribution in [0.4, 0.5) is 0 Å². The molecule has 1 fully saturated rings. The van der Waals surface area contributed by atoms with Gasteiger partial charge in [0.05, 0.1) is 12.7 Å². The van der Waals surface area contributed by atoms with Crippen LogP contribution in [0.15, 0.2) is 17.4 Å². The van der Waals surface area contributed by atoms with E-state index in [0.29, 0.717) is 18.5 Å². The van der Waals surface area contributed by atoms with Gasteiger partial charge in [-0.2, -0.15) is 5.10 Å². The van der Waals surface area contributed by atoms with Crippen molar-refractivity contribution in [1.29, 1.82) is 0 Å². The van der Waals surface area contributed by atoms with Gasteiger partial charge in [0.25, 0.3) is 0 Å². The van der Waals surface area contributed by atoms with Crippen LogP contribution in [0, 0.1) is 0 Å². The minimum absolute atomic E-state index is 0. The third-order valence-electron chi connectivity index (χ3n) is 3.40. The van der Waals surface area contributed by atoms with Gasteiger partial charge < -0.3 is 11.1 Å². The highest BCUT2D eigenvalue weighted by atomic mass is 127. The molecule has 0 bridgehead atoms. The summed E-state index contributed by atoms with van der Waals surface area (Å²) in [5, 5.41) is 7.52. The lowest BCUT2D eigenvalue weighted by atomic mass is 9.96. The molecular weight excluding hydrogens is 353 g/mol. The zero-order valence-electron chi connectivity index (χ0n) is 11.5. The Kier molecular flexibility index (Phi) is 7.19. The van der Waals surface area contributed by atoms with Crippen molar-refractivity contribution < 1.29 is 0 Å². The average Bonchev–Trinajstić information content (AvgIpc) is 2.85. The summed E-state index contributed by atoms with van der Waals surface area (Å²) in [6.07, 6.45) is 10.2. The van der Waals surface area contributed by atoms with Crippen molar-refractivity contribution in [2.45, 2.75) is 58.2 Å². The first-order valence-corrected chi connectivity index (χ1v) is 6.85. The van der Waals surface area contributed by atoms with Crippen molar-refractivity contribution in [3.05, 3.63) is 18.0 Å². The van der Waals surface area contributed by atoms with Crippen molar-refractivity contribution in [2.24, 2.45) is 10.7 Å². The second-order valence-corrected chi connectivity index (χ2v) is 4.89. The fraction of sp³-hybridized carbons (Fsp3) is 0.692. The monoisotopic (exact) mass is 377 g/mol. The van der Waals surface area contributed by atoms with E-state index in [2.05, 4.69) is 22.3 Å². The molecule has 108 valence electrons. The third-order valence-corrected chi connectivity index (χ3v) is 3.40. The maximum absolute atomic E-state index is 5.90. The summed E-state index contributed by atoms with van der Waals surface area (Å²) in [7, 11) is 0. The number of nitrogens with two attached hydrogens (primary N) is 1. The third kappa shape index (κ3) is 5.38.